The maximum absolute atomic E-state index is 6.79. The van der Waals surface area contributed by atoms with Gasteiger partial charge < -0.3 is 18.6 Å². The van der Waals surface area contributed by atoms with Crippen LogP contribution in [0.25, 0.3) is 87.7 Å². The third-order valence-corrected chi connectivity index (χ3v) is 14.9. The van der Waals surface area contributed by atoms with Crippen LogP contribution in [-0.4, -0.2) is 6.71 Å². The summed E-state index contributed by atoms with van der Waals surface area (Å²) in [5.74, 6) is 0. The second-order valence-corrected chi connectivity index (χ2v) is 18.9. The van der Waals surface area contributed by atoms with E-state index in [0.717, 1.165) is 78.0 Å². The number of hydrogen-bond donors (Lipinski definition) is 0. The van der Waals surface area contributed by atoms with E-state index in [9.17, 15) is 0 Å². The smallest absolute Gasteiger partial charge is 0.252 e. The van der Waals surface area contributed by atoms with Crippen LogP contribution in [0.3, 0.4) is 0 Å². The van der Waals surface area contributed by atoms with Crippen molar-refractivity contribution < 1.29 is 8.83 Å². The average Bonchev–Trinajstić information content (AvgIpc) is 3.94. The van der Waals surface area contributed by atoms with Gasteiger partial charge in [0.25, 0.3) is 6.71 Å². The van der Waals surface area contributed by atoms with Gasteiger partial charge in [0.2, 0.25) is 0 Å². The molecule has 0 unspecified atom stereocenters. The molecule has 2 aliphatic rings. The summed E-state index contributed by atoms with van der Waals surface area (Å²) in [6.07, 6.45) is 0. The van der Waals surface area contributed by atoms with Gasteiger partial charge in [0.1, 0.15) is 22.3 Å². The molecule has 2 aromatic heterocycles. The van der Waals surface area contributed by atoms with Crippen molar-refractivity contribution in [2.75, 3.05) is 9.80 Å². The van der Waals surface area contributed by atoms with Gasteiger partial charge >= 0.3 is 0 Å². The number of hydrogen-bond acceptors (Lipinski definition) is 4. The van der Waals surface area contributed by atoms with E-state index in [-0.39, 0.29) is 6.71 Å². The lowest BCUT2D eigenvalue weighted by Crippen LogP contribution is -2.61. The summed E-state index contributed by atoms with van der Waals surface area (Å²) in [4.78, 5) is 5.08. The summed E-state index contributed by atoms with van der Waals surface area (Å²) < 4.78 is 13.6. The molecule has 69 heavy (non-hydrogen) atoms. The quantitative estimate of drug-likeness (QED) is 0.165. The highest BCUT2D eigenvalue weighted by atomic mass is 16.3. The Kier molecular flexibility index (Phi) is 7.97. The van der Waals surface area contributed by atoms with Crippen LogP contribution in [0.4, 0.5) is 34.1 Å². The molecular weight excluding hydrogens is 840 g/mol. The van der Waals surface area contributed by atoms with Crippen LogP contribution in [0.5, 0.6) is 0 Å². The fourth-order valence-electron chi connectivity index (χ4n) is 12.0. The Hall–Kier alpha value is -8.80. The molecule has 15 rings (SSSR count). The number of furan rings is 2. The Morgan fingerprint density at radius 3 is 1.23 bits per heavy atom. The highest BCUT2D eigenvalue weighted by Gasteiger charge is 2.45. The summed E-state index contributed by atoms with van der Waals surface area (Å²) in [5, 5.41) is 9.26. The summed E-state index contributed by atoms with van der Waals surface area (Å²) in [5.41, 5.74) is 21.1. The first kappa shape index (κ1) is 38.3. The predicted octanol–water partition coefficient (Wildman–Crippen LogP) is 15.8. The number of para-hydroxylation sites is 2. The summed E-state index contributed by atoms with van der Waals surface area (Å²) in [6, 6.07) is 78.1. The van der Waals surface area contributed by atoms with Gasteiger partial charge in [-0.05, 0) is 99.3 Å². The van der Waals surface area contributed by atoms with Crippen LogP contribution in [-0.2, 0) is 0 Å². The molecule has 0 aliphatic carbocycles. The van der Waals surface area contributed by atoms with E-state index >= 15 is 0 Å². The van der Waals surface area contributed by atoms with Crippen LogP contribution in [0.1, 0.15) is 11.1 Å². The van der Waals surface area contributed by atoms with Gasteiger partial charge in [0, 0.05) is 67.6 Å². The molecule has 0 atom stereocenters. The van der Waals surface area contributed by atoms with Crippen LogP contribution in [0.2, 0.25) is 0 Å². The molecule has 0 radical (unpaired) electrons. The van der Waals surface area contributed by atoms with E-state index in [1.54, 1.807) is 0 Å². The van der Waals surface area contributed by atoms with Crippen LogP contribution < -0.4 is 26.2 Å². The molecule has 0 N–H and O–H groups in total. The lowest BCUT2D eigenvalue weighted by Gasteiger charge is -2.44. The third kappa shape index (κ3) is 5.53. The SMILES string of the molecule is Cc1cccc(-c2c(N3c4cc5oc6ccccc6c5cc4B4c5cc6c(cc5N(c5ccc7ccccc7c5-c5cccc(C)c5)c5cccc3c54)oc3ccccc36)ccc3ccccc23)c1. The number of anilines is 6. The molecule has 0 spiro atoms. The zero-order valence-corrected chi connectivity index (χ0v) is 38.0. The lowest BCUT2D eigenvalue weighted by molar-refractivity contribution is 0.668. The van der Waals surface area contributed by atoms with Crippen molar-refractivity contribution in [3.63, 3.8) is 0 Å². The molecule has 0 bridgehead atoms. The first-order valence-electron chi connectivity index (χ1n) is 23.9. The normalized spacial score (nSPS) is 13.0. The number of fused-ring (bicyclic) bond motifs is 12. The topological polar surface area (TPSA) is 32.8 Å². The Labute approximate surface area is 399 Å². The van der Waals surface area contributed by atoms with Crippen molar-refractivity contribution in [3.8, 4) is 22.3 Å². The van der Waals surface area contributed by atoms with Crippen molar-refractivity contribution in [1.82, 2.24) is 0 Å². The Morgan fingerprint density at radius 2 is 0.754 bits per heavy atom. The van der Waals surface area contributed by atoms with Gasteiger partial charge in [-0.2, -0.15) is 0 Å². The number of aryl methyl sites for hydroxylation is 2. The highest BCUT2D eigenvalue weighted by Crippen LogP contribution is 2.51. The fourth-order valence-corrected chi connectivity index (χ4v) is 12.0. The molecule has 11 aromatic carbocycles. The molecule has 322 valence electrons. The second kappa shape index (κ2) is 14.4. The van der Waals surface area contributed by atoms with E-state index in [1.165, 1.54) is 71.3 Å². The van der Waals surface area contributed by atoms with Gasteiger partial charge in [0.05, 0.1) is 11.4 Å². The largest absolute Gasteiger partial charge is 0.456 e. The first-order valence-corrected chi connectivity index (χ1v) is 23.9. The van der Waals surface area contributed by atoms with E-state index in [1.807, 2.05) is 0 Å². The minimum Gasteiger partial charge on any atom is -0.456 e. The van der Waals surface area contributed by atoms with Gasteiger partial charge in [-0.3, -0.25) is 0 Å². The molecule has 0 saturated carbocycles. The van der Waals surface area contributed by atoms with Crippen LogP contribution >= 0.6 is 0 Å². The Morgan fingerprint density at radius 1 is 0.319 bits per heavy atom. The summed E-state index contributed by atoms with van der Waals surface area (Å²) >= 11 is 0. The molecule has 5 heteroatoms. The molecule has 13 aromatic rings. The molecule has 4 nitrogen and oxygen atoms in total. The maximum atomic E-state index is 6.79. The monoisotopic (exact) mass is 880 g/mol. The number of benzene rings is 11. The van der Waals surface area contributed by atoms with Gasteiger partial charge in [-0.25, -0.2) is 0 Å². The van der Waals surface area contributed by atoms with Crippen molar-refractivity contribution in [1.29, 1.82) is 0 Å². The second-order valence-electron chi connectivity index (χ2n) is 18.9. The average molecular weight is 881 g/mol. The molecule has 0 fully saturated rings. The fraction of sp³-hybridized carbons (Fsp3) is 0.0312. The molecule has 2 aliphatic heterocycles. The number of nitrogens with zero attached hydrogens (tertiary/aromatic N) is 2. The van der Waals surface area contributed by atoms with Crippen molar-refractivity contribution in [2.24, 2.45) is 0 Å². The van der Waals surface area contributed by atoms with E-state index in [2.05, 4.69) is 236 Å². The molecular formula is C64H41BN2O2. The highest BCUT2D eigenvalue weighted by molar-refractivity contribution is 7.00. The maximum Gasteiger partial charge on any atom is 0.252 e. The third-order valence-electron chi connectivity index (χ3n) is 14.9. The Bertz CT molecular complexity index is 4060. The molecule has 4 heterocycles. The van der Waals surface area contributed by atoms with Crippen molar-refractivity contribution in [3.05, 3.63) is 223 Å². The van der Waals surface area contributed by atoms with Gasteiger partial charge in [-0.1, -0.05) is 175 Å². The minimum atomic E-state index is -0.143. The van der Waals surface area contributed by atoms with Crippen molar-refractivity contribution >= 4 is 123 Å². The zero-order chi connectivity index (χ0) is 45.5. The van der Waals surface area contributed by atoms with Crippen LogP contribution in [0, 0.1) is 13.8 Å². The minimum absolute atomic E-state index is 0.143. The molecule has 0 saturated heterocycles. The van der Waals surface area contributed by atoms with Crippen LogP contribution in [0.15, 0.2) is 221 Å². The molecule has 0 amide bonds. The van der Waals surface area contributed by atoms with E-state index in [0.29, 0.717) is 0 Å². The van der Waals surface area contributed by atoms with E-state index < -0.39 is 0 Å². The first-order chi connectivity index (χ1) is 34.0. The standard InChI is InChI=1S/C64H41BN2O2/c1-38-14-11-18-42(32-38)62-44-20-5-3-16-40(44)28-30-52(62)66-54-24-13-25-55-64(54)65(50-34-48-46-22-7-9-26-58(46)68-60(48)36-56(50)66)51-35-49-47-23-8-10-27-59(47)69-61(49)37-57(51)67(55)53-31-29-41-17-4-6-21-45(41)63(53)43-19-12-15-39(2)33-43/h3-37H,1-2H3. The lowest BCUT2D eigenvalue weighted by atomic mass is 9.33. The number of rotatable bonds is 4. The summed E-state index contributed by atoms with van der Waals surface area (Å²) in [7, 11) is 0. The zero-order valence-electron chi connectivity index (χ0n) is 38.0. The summed E-state index contributed by atoms with van der Waals surface area (Å²) in [6.45, 7) is 4.23. The Balaban J connectivity index is 1.11. The van der Waals surface area contributed by atoms with Crippen molar-refractivity contribution in [2.45, 2.75) is 13.8 Å². The van der Waals surface area contributed by atoms with Gasteiger partial charge in [0.15, 0.2) is 0 Å². The predicted molar refractivity (Wildman–Crippen MR) is 290 cm³/mol. The van der Waals surface area contributed by atoms with E-state index in [4.69, 9.17) is 8.83 Å². The van der Waals surface area contributed by atoms with Gasteiger partial charge in [-0.15, -0.1) is 0 Å².